The monoisotopic (exact) mass is 616 g/mol. The summed E-state index contributed by atoms with van der Waals surface area (Å²) in [6, 6.07) is 0.405. The topological polar surface area (TPSA) is 211 Å². The first-order valence-corrected chi connectivity index (χ1v) is 15.1. The zero-order valence-corrected chi connectivity index (χ0v) is 25.5. The maximum Gasteiger partial charge on any atom is 0.255 e. The van der Waals surface area contributed by atoms with Crippen LogP contribution in [0, 0.1) is 23.7 Å². The van der Waals surface area contributed by atoms with Crippen LogP contribution in [-0.2, 0) is 30.8 Å². The number of amides is 1. The molecule has 0 spiro atoms. The average molecular weight is 617 g/mol. The van der Waals surface area contributed by atoms with E-state index in [4.69, 9.17) is 5.73 Å². The Balaban J connectivity index is 1.90. The van der Waals surface area contributed by atoms with E-state index >= 15 is 0 Å². The SMILES string of the molecule is CC(C)S(=O)(=O)NCC#Cc1cc(N(C)C)c2c(c1O)C(O)=C1C(=O)C3(O)C(O)=C(C(N)=O)C(=O)C(N(C)C)C3CC1C2. The van der Waals surface area contributed by atoms with Crippen LogP contribution in [0.25, 0.3) is 5.76 Å². The number of nitrogens with two attached hydrogens (primary N) is 1. The number of phenolic OH excluding ortho intramolecular Hbond substituents is 1. The molecule has 232 valence electrons. The Morgan fingerprint density at radius 1 is 1.19 bits per heavy atom. The number of aromatic hydroxyl groups is 1. The lowest BCUT2D eigenvalue weighted by atomic mass is 9.57. The lowest BCUT2D eigenvalue weighted by molar-refractivity contribution is -0.153. The predicted octanol–water partition coefficient (Wildman–Crippen LogP) is -0.291. The molecule has 4 unspecified atom stereocenters. The first kappa shape index (κ1) is 32.0. The van der Waals surface area contributed by atoms with Gasteiger partial charge in [0.1, 0.15) is 22.8 Å². The highest BCUT2D eigenvalue weighted by molar-refractivity contribution is 7.90. The molecule has 1 fully saturated rings. The molecule has 0 aliphatic heterocycles. The average Bonchev–Trinajstić information content (AvgIpc) is 2.89. The Hall–Kier alpha value is -3.90. The van der Waals surface area contributed by atoms with E-state index in [0.717, 1.165) is 0 Å². The van der Waals surface area contributed by atoms with E-state index in [0.29, 0.717) is 11.3 Å². The zero-order valence-electron chi connectivity index (χ0n) is 24.7. The maximum atomic E-state index is 14.0. The first-order valence-electron chi connectivity index (χ1n) is 13.6. The van der Waals surface area contributed by atoms with Crippen molar-refractivity contribution in [3.8, 4) is 17.6 Å². The summed E-state index contributed by atoms with van der Waals surface area (Å²) in [6.07, 6.45) is 0.0917. The Kier molecular flexibility index (Phi) is 8.18. The van der Waals surface area contributed by atoms with Gasteiger partial charge in [-0.05, 0) is 58.3 Å². The molecule has 3 aliphatic rings. The van der Waals surface area contributed by atoms with E-state index in [9.17, 15) is 43.2 Å². The number of fused-ring (bicyclic) bond motifs is 3. The molecule has 0 saturated heterocycles. The van der Waals surface area contributed by atoms with Crippen LogP contribution in [0.5, 0.6) is 5.75 Å². The van der Waals surface area contributed by atoms with E-state index in [1.807, 2.05) is 0 Å². The number of carbonyl (C=O) groups is 3. The maximum absolute atomic E-state index is 14.0. The van der Waals surface area contributed by atoms with Crippen LogP contribution in [-0.4, -0.2) is 103 Å². The molecule has 14 heteroatoms. The number of aliphatic hydroxyl groups excluding tert-OH is 2. The third-order valence-electron chi connectivity index (χ3n) is 8.38. The van der Waals surface area contributed by atoms with Crippen LogP contribution in [0.2, 0.25) is 0 Å². The summed E-state index contributed by atoms with van der Waals surface area (Å²) >= 11 is 0. The van der Waals surface area contributed by atoms with Gasteiger partial charge in [-0.2, -0.15) is 0 Å². The largest absolute Gasteiger partial charge is 0.508 e. The molecular formula is C29H36N4O9S. The lowest BCUT2D eigenvalue weighted by Crippen LogP contribution is -2.65. The number of phenols is 1. The number of carbonyl (C=O) groups excluding carboxylic acids is 3. The Bertz CT molecular complexity index is 1660. The van der Waals surface area contributed by atoms with Crippen molar-refractivity contribution in [2.45, 2.75) is 43.6 Å². The number of nitrogens with zero attached hydrogens (tertiary/aromatic N) is 2. The minimum Gasteiger partial charge on any atom is -0.508 e. The van der Waals surface area contributed by atoms with Crippen molar-refractivity contribution < 1.29 is 43.2 Å². The second-order valence-corrected chi connectivity index (χ2v) is 14.0. The van der Waals surface area contributed by atoms with Crippen molar-refractivity contribution in [1.82, 2.24) is 9.62 Å². The van der Waals surface area contributed by atoms with E-state index < -0.39 is 79.1 Å². The molecule has 1 aromatic carbocycles. The summed E-state index contributed by atoms with van der Waals surface area (Å²) in [5, 5.41) is 44.9. The molecular weight excluding hydrogens is 580 g/mol. The second kappa shape index (κ2) is 11.0. The van der Waals surface area contributed by atoms with Gasteiger partial charge in [0.2, 0.25) is 15.8 Å². The number of ketones is 2. The van der Waals surface area contributed by atoms with Gasteiger partial charge in [-0.1, -0.05) is 11.8 Å². The predicted molar refractivity (Wildman–Crippen MR) is 158 cm³/mol. The van der Waals surface area contributed by atoms with Crippen LogP contribution in [0.3, 0.4) is 0 Å². The van der Waals surface area contributed by atoms with Gasteiger partial charge in [0.15, 0.2) is 11.4 Å². The number of anilines is 1. The van der Waals surface area contributed by atoms with Crippen LogP contribution in [0.4, 0.5) is 5.69 Å². The fraction of sp³-hybridized carbons (Fsp3) is 0.483. The van der Waals surface area contributed by atoms with Crippen LogP contribution >= 0.6 is 0 Å². The smallest absolute Gasteiger partial charge is 0.255 e. The van der Waals surface area contributed by atoms with Gasteiger partial charge in [-0.15, -0.1) is 0 Å². The molecule has 3 aliphatic carbocycles. The molecule has 1 amide bonds. The van der Waals surface area contributed by atoms with Gasteiger partial charge in [0, 0.05) is 31.3 Å². The van der Waals surface area contributed by atoms with E-state index in [1.54, 1.807) is 25.1 Å². The first-order chi connectivity index (χ1) is 19.9. The summed E-state index contributed by atoms with van der Waals surface area (Å²) < 4.78 is 26.4. The van der Waals surface area contributed by atoms with E-state index in [2.05, 4.69) is 16.6 Å². The fourth-order valence-corrected chi connectivity index (χ4v) is 6.84. The number of hydrogen-bond acceptors (Lipinski definition) is 11. The summed E-state index contributed by atoms with van der Waals surface area (Å²) in [5.74, 6) is -2.05. The number of likely N-dealkylation sites (N-methyl/N-ethyl adjacent to an activating group) is 1. The molecule has 43 heavy (non-hydrogen) atoms. The molecule has 13 nitrogen and oxygen atoms in total. The number of aliphatic hydroxyl groups is 3. The lowest BCUT2D eigenvalue weighted by Gasteiger charge is -2.50. The van der Waals surface area contributed by atoms with Crippen molar-refractivity contribution in [3.63, 3.8) is 0 Å². The van der Waals surface area contributed by atoms with Crippen LogP contribution < -0.4 is 15.4 Å². The number of benzene rings is 1. The van der Waals surface area contributed by atoms with Crippen molar-refractivity contribution in [3.05, 3.63) is 39.7 Å². The summed E-state index contributed by atoms with van der Waals surface area (Å²) in [5.41, 5.74) is 2.45. The third kappa shape index (κ3) is 4.96. The normalized spacial score (nSPS) is 25.3. The van der Waals surface area contributed by atoms with E-state index in [-0.39, 0.29) is 36.1 Å². The number of nitrogens with one attached hydrogen (secondary N) is 1. The number of Topliss-reactive ketones (excluding diaryl/α,β-unsaturated/α-hetero) is 2. The number of sulfonamides is 1. The molecule has 1 saturated carbocycles. The second-order valence-electron chi connectivity index (χ2n) is 11.7. The highest BCUT2D eigenvalue weighted by Gasteiger charge is 2.64. The van der Waals surface area contributed by atoms with Crippen molar-refractivity contribution in [2.75, 3.05) is 39.6 Å². The Morgan fingerprint density at radius 2 is 1.81 bits per heavy atom. The number of rotatable bonds is 6. The number of hydrogen-bond donors (Lipinski definition) is 6. The van der Waals surface area contributed by atoms with Crippen molar-refractivity contribution in [1.29, 1.82) is 0 Å². The summed E-state index contributed by atoms with van der Waals surface area (Å²) in [4.78, 5) is 42.6. The third-order valence-corrected chi connectivity index (χ3v) is 10.2. The Morgan fingerprint density at radius 3 is 2.35 bits per heavy atom. The van der Waals surface area contributed by atoms with Gasteiger partial charge >= 0.3 is 0 Å². The highest BCUT2D eigenvalue weighted by atomic mass is 32.2. The van der Waals surface area contributed by atoms with Crippen LogP contribution in [0.15, 0.2) is 23.0 Å². The quantitative estimate of drug-likeness (QED) is 0.181. The van der Waals surface area contributed by atoms with Gasteiger partial charge < -0.3 is 31.1 Å². The molecule has 0 aromatic heterocycles. The summed E-state index contributed by atoms with van der Waals surface area (Å²) in [7, 11) is 2.96. The Labute approximate surface area is 249 Å². The highest BCUT2D eigenvalue weighted by Crippen LogP contribution is 2.54. The molecule has 0 heterocycles. The minimum absolute atomic E-state index is 0.0308. The zero-order chi connectivity index (χ0) is 32.3. The number of primary amides is 1. The van der Waals surface area contributed by atoms with Gasteiger partial charge in [-0.25, -0.2) is 13.1 Å². The standard InChI is InChI=1S/C29H36N4O9S/c1-13(2)43(41,42)31-9-7-8-14-12-18(32(3)4)16-10-15-11-17-22(33(5)6)25(36)21(28(30)39)27(38)29(17,40)26(37)19(15)24(35)20(16)23(14)34/h12-13,15,17,22,31,34-35,38,40H,9-11H2,1-6H3,(H2,30,39). The van der Waals surface area contributed by atoms with Crippen LogP contribution in [0.1, 0.15) is 37.0 Å². The van der Waals surface area contributed by atoms with Crippen molar-refractivity contribution in [2.24, 2.45) is 17.6 Å². The molecule has 1 aromatic rings. The minimum atomic E-state index is -3.58. The molecule has 4 atom stereocenters. The van der Waals surface area contributed by atoms with E-state index in [1.165, 1.54) is 32.8 Å². The molecule has 4 rings (SSSR count). The molecule has 7 N–H and O–H groups in total. The fourth-order valence-electron chi connectivity index (χ4n) is 6.23. The molecule has 0 radical (unpaired) electrons. The van der Waals surface area contributed by atoms with Gasteiger partial charge in [0.05, 0.1) is 29.0 Å². The summed E-state index contributed by atoms with van der Waals surface area (Å²) in [6.45, 7) is 2.79. The van der Waals surface area contributed by atoms with Crippen molar-refractivity contribution >= 4 is 38.9 Å². The van der Waals surface area contributed by atoms with Gasteiger partial charge in [0.25, 0.3) is 5.91 Å². The molecule has 0 bridgehead atoms. The van der Waals surface area contributed by atoms with Gasteiger partial charge in [-0.3, -0.25) is 19.3 Å².